The Bertz CT molecular complexity index is 167. The van der Waals surface area contributed by atoms with Crippen molar-refractivity contribution in [2.24, 2.45) is 11.8 Å². The van der Waals surface area contributed by atoms with Crippen molar-refractivity contribution in [2.75, 3.05) is 13.1 Å². The van der Waals surface area contributed by atoms with Gasteiger partial charge in [-0.3, -0.25) is 0 Å². The van der Waals surface area contributed by atoms with Crippen LogP contribution in [-0.4, -0.2) is 13.1 Å². The van der Waals surface area contributed by atoms with E-state index in [4.69, 9.17) is 0 Å². The maximum atomic E-state index is 3.54. The molecule has 0 radical (unpaired) electrons. The van der Waals surface area contributed by atoms with Crippen LogP contribution in [0.3, 0.4) is 0 Å². The first-order chi connectivity index (χ1) is 8.38. The first kappa shape index (κ1) is 15.0. The van der Waals surface area contributed by atoms with Crippen LogP contribution in [-0.2, 0) is 0 Å². The Labute approximate surface area is 109 Å². The van der Waals surface area contributed by atoms with Gasteiger partial charge in [0.25, 0.3) is 0 Å². The molecule has 1 heteroatoms. The van der Waals surface area contributed by atoms with Crippen molar-refractivity contribution in [3.05, 3.63) is 0 Å². The highest BCUT2D eigenvalue weighted by Gasteiger charge is 2.25. The second-order valence-electron chi connectivity index (χ2n) is 5.82. The first-order valence-corrected chi connectivity index (χ1v) is 8.09. The van der Waals surface area contributed by atoms with E-state index in [0.717, 1.165) is 18.4 Å². The highest BCUT2D eigenvalue weighted by molar-refractivity contribution is 4.78. The molecule has 2 atom stereocenters. The Morgan fingerprint density at radius 2 is 1.59 bits per heavy atom. The quantitative estimate of drug-likeness (QED) is 0.542. The van der Waals surface area contributed by atoms with E-state index in [1.165, 1.54) is 70.8 Å². The molecule has 2 unspecified atom stereocenters. The number of nitrogens with one attached hydrogen (secondary N) is 1. The summed E-state index contributed by atoms with van der Waals surface area (Å²) in [5.41, 5.74) is 0. The van der Waals surface area contributed by atoms with Crippen molar-refractivity contribution in [1.82, 2.24) is 5.32 Å². The van der Waals surface area contributed by atoms with Crippen LogP contribution < -0.4 is 5.32 Å². The van der Waals surface area contributed by atoms with Gasteiger partial charge in [-0.2, -0.15) is 0 Å². The Morgan fingerprint density at radius 1 is 0.882 bits per heavy atom. The van der Waals surface area contributed by atoms with Crippen molar-refractivity contribution >= 4 is 0 Å². The van der Waals surface area contributed by atoms with Crippen LogP contribution in [0.5, 0.6) is 0 Å². The fourth-order valence-corrected chi connectivity index (χ4v) is 3.28. The number of rotatable bonds is 10. The Morgan fingerprint density at radius 3 is 2.35 bits per heavy atom. The zero-order chi connectivity index (χ0) is 12.3. The summed E-state index contributed by atoms with van der Waals surface area (Å²) in [6, 6.07) is 0. The zero-order valence-corrected chi connectivity index (χ0v) is 12.1. The topological polar surface area (TPSA) is 12.0 Å². The maximum Gasteiger partial charge on any atom is -0.00180 e. The number of hydrogen-bond donors (Lipinski definition) is 1. The number of unbranched alkanes of at least 4 members (excludes halogenated alkanes) is 5. The lowest BCUT2D eigenvalue weighted by molar-refractivity contribution is 0.338. The van der Waals surface area contributed by atoms with E-state index >= 15 is 0 Å². The predicted molar refractivity (Wildman–Crippen MR) is 77.4 cm³/mol. The third-order valence-corrected chi connectivity index (χ3v) is 4.40. The van der Waals surface area contributed by atoms with Crippen LogP contribution >= 0.6 is 0 Å². The molecule has 1 aliphatic carbocycles. The summed E-state index contributed by atoms with van der Waals surface area (Å²) in [5, 5.41) is 3.54. The minimum Gasteiger partial charge on any atom is -0.317 e. The summed E-state index contributed by atoms with van der Waals surface area (Å²) in [5.74, 6) is 2.03. The lowest BCUT2D eigenvalue weighted by Crippen LogP contribution is -2.25. The van der Waals surface area contributed by atoms with Crippen molar-refractivity contribution in [3.63, 3.8) is 0 Å². The van der Waals surface area contributed by atoms with E-state index in [1.807, 2.05) is 0 Å². The Hall–Kier alpha value is -0.0400. The van der Waals surface area contributed by atoms with E-state index in [9.17, 15) is 0 Å². The molecule has 0 bridgehead atoms. The molecule has 102 valence electrons. The van der Waals surface area contributed by atoms with Crippen LogP contribution in [0.25, 0.3) is 0 Å². The van der Waals surface area contributed by atoms with Gasteiger partial charge >= 0.3 is 0 Å². The van der Waals surface area contributed by atoms with Crippen LogP contribution in [0.4, 0.5) is 0 Å². The van der Waals surface area contributed by atoms with E-state index in [2.05, 4.69) is 19.2 Å². The summed E-state index contributed by atoms with van der Waals surface area (Å²) in [7, 11) is 0. The maximum absolute atomic E-state index is 3.54. The van der Waals surface area contributed by atoms with E-state index in [1.54, 1.807) is 0 Å². The molecule has 1 rings (SSSR count). The molecule has 1 saturated carbocycles. The molecule has 1 nitrogen and oxygen atoms in total. The van der Waals surface area contributed by atoms with Crippen LogP contribution in [0.2, 0.25) is 0 Å². The van der Waals surface area contributed by atoms with Crippen molar-refractivity contribution in [1.29, 1.82) is 0 Å². The van der Waals surface area contributed by atoms with Gasteiger partial charge in [0.2, 0.25) is 0 Å². The van der Waals surface area contributed by atoms with Crippen molar-refractivity contribution < 1.29 is 0 Å². The second-order valence-corrected chi connectivity index (χ2v) is 5.82. The fraction of sp³-hybridized carbons (Fsp3) is 1.00. The molecule has 0 aromatic heterocycles. The third kappa shape index (κ3) is 6.45. The van der Waals surface area contributed by atoms with Crippen LogP contribution in [0, 0.1) is 11.8 Å². The average Bonchev–Trinajstić information content (AvgIpc) is 2.78. The number of hydrogen-bond acceptors (Lipinski definition) is 1. The summed E-state index contributed by atoms with van der Waals surface area (Å²) >= 11 is 0. The molecule has 0 aromatic carbocycles. The van der Waals surface area contributed by atoms with Crippen molar-refractivity contribution in [3.8, 4) is 0 Å². The third-order valence-electron chi connectivity index (χ3n) is 4.40. The minimum atomic E-state index is 0.991. The van der Waals surface area contributed by atoms with E-state index in [0.29, 0.717) is 0 Å². The molecular formula is C16H33N. The summed E-state index contributed by atoms with van der Waals surface area (Å²) in [4.78, 5) is 0. The Balaban J connectivity index is 2.00. The second kappa shape index (κ2) is 9.94. The molecule has 0 amide bonds. The monoisotopic (exact) mass is 239 g/mol. The van der Waals surface area contributed by atoms with Gasteiger partial charge in [0.1, 0.15) is 0 Å². The van der Waals surface area contributed by atoms with E-state index in [-0.39, 0.29) is 0 Å². The highest BCUT2D eigenvalue weighted by Crippen LogP contribution is 2.34. The average molecular weight is 239 g/mol. The lowest BCUT2D eigenvalue weighted by Gasteiger charge is -2.19. The van der Waals surface area contributed by atoms with Crippen LogP contribution in [0.15, 0.2) is 0 Å². The summed E-state index contributed by atoms with van der Waals surface area (Å²) < 4.78 is 0. The van der Waals surface area contributed by atoms with Crippen molar-refractivity contribution in [2.45, 2.75) is 78.1 Å². The highest BCUT2D eigenvalue weighted by atomic mass is 14.8. The standard InChI is InChI=1S/C16H33N/c1-3-5-6-7-8-9-11-15-12-10-13-16(15)14-17-4-2/h15-17H,3-14H2,1-2H3. The summed E-state index contributed by atoms with van der Waals surface area (Å²) in [6.45, 7) is 6.93. The molecule has 0 heterocycles. The molecular weight excluding hydrogens is 206 g/mol. The van der Waals surface area contributed by atoms with Gasteiger partial charge in [0.05, 0.1) is 0 Å². The zero-order valence-electron chi connectivity index (χ0n) is 12.1. The smallest absolute Gasteiger partial charge is 0.00180 e. The lowest BCUT2D eigenvalue weighted by atomic mass is 9.90. The van der Waals surface area contributed by atoms with E-state index < -0.39 is 0 Å². The van der Waals surface area contributed by atoms with Crippen LogP contribution in [0.1, 0.15) is 78.1 Å². The molecule has 1 aliphatic rings. The molecule has 0 aliphatic heterocycles. The minimum absolute atomic E-state index is 0.991. The van der Waals surface area contributed by atoms with Gasteiger partial charge in [-0.25, -0.2) is 0 Å². The van der Waals surface area contributed by atoms with Gasteiger partial charge < -0.3 is 5.32 Å². The fourth-order valence-electron chi connectivity index (χ4n) is 3.28. The normalized spacial score (nSPS) is 24.4. The predicted octanol–water partition coefficient (Wildman–Crippen LogP) is 4.76. The molecule has 0 spiro atoms. The van der Waals surface area contributed by atoms with Gasteiger partial charge in [0, 0.05) is 0 Å². The molecule has 17 heavy (non-hydrogen) atoms. The molecule has 0 aromatic rings. The van der Waals surface area contributed by atoms with Gasteiger partial charge in [-0.1, -0.05) is 71.6 Å². The molecule has 0 saturated heterocycles. The van der Waals surface area contributed by atoms with Gasteiger partial charge in [-0.05, 0) is 31.3 Å². The molecule has 1 fully saturated rings. The Kier molecular flexibility index (Phi) is 8.78. The SMILES string of the molecule is CCCCCCCCC1CCCC1CNCC. The van der Waals surface area contributed by atoms with Gasteiger partial charge in [0.15, 0.2) is 0 Å². The van der Waals surface area contributed by atoms with Gasteiger partial charge in [-0.15, -0.1) is 0 Å². The summed E-state index contributed by atoms with van der Waals surface area (Å²) in [6.07, 6.45) is 14.7. The first-order valence-electron chi connectivity index (χ1n) is 8.09. The molecule has 1 N–H and O–H groups in total. The largest absolute Gasteiger partial charge is 0.317 e.